The first kappa shape index (κ1) is 27.7. The van der Waals surface area contributed by atoms with Crippen molar-refractivity contribution in [3.8, 4) is 23.3 Å². The summed E-state index contributed by atoms with van der Waals surface area (Å²) in [5.74, 6) is 1.15. The van der Waals surface area contributed by atoms with Crippen molar-refractivity contribution in [1.82, 2.24) is 5.32 Å². The molecule has 0 aliphatic heterocycles. The highest BCUT2D eigenvalue weighted by Crippen LogP contribution is 2.36. The van der Waals surface area contributed by atoms with Crippen LogP contribution in [0.25, 0.3) is 6.08 Å². The second kappa shape index (κ2) is 12.9. The van der Waals surface area contributed by atoms with Gasteiger partial charge in [0.2, 0.25) is 0 Å². The number of carbonyl (C=O) groups is 1. The van der Waals surface area contributed by atoms with Gasteiger partial charge in [-0.25, -0.2) is 0 Å². The average Bonchev–Trinajstić information content (AvgIpc) is 2.89. The van der Waals surface area contributed by atoms with Crippen molar-refractivity contribution in [2.24, 2.45) is 0 Å². The minimum Gasteiger partial charge on any atom is -0.497 e. The van der Waals surface area contributed by atoms with Crippen LogP contribution >= 0.6 is 31.9 Å². The fourth-order valence-electron chi connectivity index (χ4n) is 3.25. The fourth-order valence-corrected chi connectivity index (χ4v) is 4.70. The van der Waals surface area contributed by atoms with E-state index in [0.717, 1.165) is 11.1 Å². The topological polar surface area (TPSA) is 124 Å². The summed E-state index contributed by atoms with van der Waals surface area (Å²) in [6.45, 7) is 0.346. The molecule has 0 unspecified atom stereocenters. The first-order valence-corrected chi connectivity index (χ1v) is 12.3. The number of carbonyl (C=O) groups excluding carboxylic acids is 1. The largest absolute Gasteiger partial charge is 0.497 e. The lowest BCUT2D eigenvalue weighted by atomic mass is 10.1. The molecule has 0 radical (unpaired) electrons. The predicted octanol–water partition coefficient (Wildman–Crippen LogP) is 5.94. The lowest BCUT2D eigenvalue weighted by Gasteiger charge is -2.12. The lowest BCUT2D eigenvalue weighted by Crippen LogP contribution is -2.24. The summed E-state index contributed by atoms with van der Waals surface area (Å²) in [6.07, 6.45) is 1.47. The van der Waals surface area contributed by atoms with Crippen molar-refractivity contribution in [2.75, 3.05) is 14.2 Å². The van der Waals surface area contributed by atoms with E-state index in [4.69, 9.17) is 14.2 Å². The van der Waals surface area contributed by atoms with Gasteiger partial charge in [-0.3, -0.25) is 14.9 Å². The average molecular weight is 631 g/mol. The number of non-ortho nitro benzene ring substituents is 1. The summed E-state index contributed by atoms with van der Waals surface area (Å²) in [5.41, 5.74) is 2.00. The maximum atomic E-state index is 12.7. The van der Waals surface area contributed by atoms with Crippen molar-refractivity contribution >= 4 is 49.5 Å². The van der Waals surface area contributed by atoms with Gasteiger partial charge in [-0.1, -0.05) is 0 Å². The van der Waals surface area contributed by atoms with Crippen molar-refractivity contribution in [3.05, 3.63) is 95.9 Å². The van der Waals surface area contributed by atoms with Gasteiger partial charge in [0, 0.05) is 30.3 Å². The van der Waals surface area contributed by atoms with Crippen molar-refractivity contribution in [2.45, 2.75) is 13.2 Å². The molecular formula is C26H21Br2N3O6. The number of nitrogens with one attached hydrogen (secondary N) is 1. The van der Waals surface area contributed by atoms with Crippen molar-refractivity contribution < 1.29 is 23.9 Å². The van der Waals surface area contributed by atoms with E-state index in [1.807, 2.05) is 6.07 Å². The molecule has 3 aromatic rings. The first-order valence-electron chi connectivity index (χ1n) is 10.7. The molecule has 0 saturated heterocycles. The highest BCUT2D eigenvalue weighted by molar-refractivity contribution is 9.11. The van der Waals surface area contributed by atoms with E-state index in [2.05, 4.69) is 37.2 Å². The number of amides is 1. The van der Waals surface area contributed by atoms with Gasteiger partial charge in [0.1, 0.15) is 35.5 Å². The molecule has 0 saturated carbocycles. The Hall–Kier alpha value is -3.88. The monoisotopic (exact) mass is 629 g/mol. The zero-order valence-corrected chi connectivity index (χ0v) is 23.0. The molecule has 0 heterocycles. The van der Waals surface area contributed by atoms with E-state index < -0.39 is 10.8 Å². The Morgan fingerprint density at radius 2 is 1.76 bits per heavy atom. The second-order valence-corrected chi connectivity index (χ2v) is 9.26. The van der Waals surface area contributed by atoms with Crippen LogP contribution in [0.15, 0.2) is 69.1 Å². The van der Waals surface area contributed by atoms with Crippen LogP contribution in [-0.2, 0) is 17.9 Å². The van der Waals surface area contributed by atoms with Crippen LogP contribution in [0.1, 0.15) is 16.7 Å². The second-order valence-electron chi connectivity index (χ2n) is 7.56. The number of nitrogens with zero attached hydrogens (tertiary/aromatic N) is 2. The van der Waals surface area contributed by atoms with E-state index >= 15 is 0 Å². The van der Waals surface area contributed by atoms with E-state index in [1.54, 1.807) is 49.6 Å². The summed E-state index contributed by atoms with van der Waals surface area (Å²) >= 11 is 6.92. The summed E-state index contributed by atoms with van der Waals surface area (Å²) < 4.78 is 17.6. The minimum atomic E-state index is -0.536. The number of nitro benzene ring substituents is 1. The number of nitro groups is 1. The standard InChI is InChI=1S/C26H21Br2N3O6/c1-35-21-8-5-18(24(12-21)36-2)14-30-26(32)19(13-29)9-17-10-22(27)25(23(28)11-17)37-15-16-3-6-20(7-4-16)31(33)34/h3-12H,14-15H2,1-2H3,(H,30,32)/b19-9+. The number of methoxy groups -OCH3 is 2. The Morgan fingerprint density at radius 1 is 1.08 bits per heavy atom. The number of ether oxygens (including phenoxy) is 3. The third kappa shape index (κ3) is 7.31. The van der Waals surface area contributed by atoms with Crippen LogP contribution in [0.4, 0.5) is 5.69 Å². The summed E-state index contributed by atoms with van der Waals surface area (Å²) in [4.78, 5) is 23.0. The highest BCUT2D eigenvalue weighted by Gasteiger charge is 2.14. The number of nitriles is 1. The Morgan fingerprint density at radius 3 is 2.32 bits per heavy atom. The van der Waals surface area contributed by atoms with E-state index in [1.165, 1.54) is 25.3 Å². The SMILES string of the molecule is COc1ccc(CNC(=O)/C(C#N)=C/c2cc(Br)c(OCc3ccc([N+](=O)[O-])cc3)c(Br)c2)c(OC)c1. The number of hydrogen-bond donors (Lipinski definition) is 1. The molecule has 0 bridgehead atoms. The Labute approximate surface area is 230 Å². The molecule has 190 valence electrons. The molecule has 0 atom stereocenters. The van der Waals surface area contributed by atoms with Crippen LogP contribution in [0, 0.1) is 21.4 Å². The van der Waals surface area contributed by atoms with E-state index in [0.29, 0.717) is 31.8 Å². The lowest BCUT2D eigenvalue weighted by molar-refractivity contribution is -0.384. The molecule has 0 aromatic heterocycles. The third-order valence-electron chi connectivity index (χ3n) is 5.16. The van der Waals surface area contributed by atoms with Crippen LogP contribution < -0.4 is 19.5 Å². The molecule has 11 heteroatoms. The smallest absolute Gasteiger partial charge is 0.269 e. The number of hydrogen-bond acceptors (Lipinski definition) is 7. The van der Waals surface area contributed by atoms with Crippen molar-refractivity contribution in [3.63, 3.8) is 0 Å². The van der Waals surface area contributed by atoms with E-state index in [-0.39, 0.29) is 24.4 Å². The van der Waals surface area contributed by atoms with Gasteiger partial charge in [0.05, 0.1) is 28.1 Å². The molecule has 3 rings (SSSR count). The zero-order valence-electron chi connectivity index (χ0n) is 19.8. The minimum absolute atomic E-state index is 0.00252. The van der Waals surface area contributed by atoms with Gasteiger partial charge in [0.15, 0.2) is 0 Å². The van der Waals surface area contributed by atoms with Gasteiger partial charge in [-0.15, -0.1) is 0 Å². The Balaban J connectivity index is 1.70. The summed E-state index contributed by atoms with van der Waals surface area (Å²) in [7, 11) is 3.07. The van der Waals surface area contributed by atoms with Crippen LogP contribution in [0.3, 0.4) is 0 Å². The third-order valence-corrected chi connectivity index (χ3v) is 6.34. The molecular weight excluding hydrogens is 610 g/mol. The molecule has 1 amide bonds. The molecule has 0 aliphatic rings. The molecule has 1 N–H and O–H groups in total. The Kier molecular flexibility index (Phi) is 9.65. The van der Waals surface area contributed by atoms with E-state index in [9.17, 15) is 20.2 Å². The molecule has 9 nitrogen and oxygen atoms in total. The van der Waals surface area contributed by atoms with Crippen LogP contribution in [-0.4, -0.2) is 25.1 Å². The number of rotatable bonds is 10. The molecule has 0 spiro atoms. The maximum absolute atomic E-state index is 12.7. The molecule has 0 aliphatic carbocycles. The highest BCUT2D eigenvalue weighted by atomic mass is 79.9. The van der Waals surface area contributed by atoms with Gasteiger partial charge in [-0.05, 0) is 85.5 Å². The number of benzene rings is 3. The van der Waals surface area contributed by atoms with Crippen LogP contribution in [0.2, 0.25) is 0 Å². The van der Waals surface area contributed by atoms with Gasteiger partial charge in [-0.2, -0.15) is 5.26 Å². The first-order chi connectivity index (χ1) is 17.7. The number of halogens is 2. The van der Waals surface area contributed by atoms with Gasteiger partial charge < -0.3 is 19.5 Å². The van der Waals surface area contributed by atoms with Gasteiger partial charge >= 0.3 is 0 Å². The fraction of sp³-hybridized carbons (Fsp3) is 0.154. The molecule has 3 aromatic carbocycles. The predicted molar refractivity (Wildman–Crippen MR) is 144 cm³/mol. The quantitative estimate of drug-likeness (QED) is 0.127. The van der Waals surface area contributed by atoms with Crippen LogP contribution in [0.5, 0.6) is 17.2 Å². The Bertz CT molecular complexity index is 1360. The van der Waals surface area contributed by atoms with Gasteiger partial charge in [0.25, 0.3) is 11.6 Å². The van der Waals surface area contributed by atoms with Crippen molar-refractivity contribution in [1.29, 1.82) is 5.26 Å². The normalized spacial score (nSPS) is 10.8. The molecule has 37 heavy (non-hydrogen) atoms. The summed E-state index contributed by atoms with van der Waals surface area (Å²) in [6, 6.07) is 16.7. The summed E-state index contributed by atoms with van der Waals surface area (Å²) in [5, 5.41) is 23.1. The maximum Gasteiger partial charge on any atom is 0.269 e. The zero-order chi connectivity index (χ0) is 26.9. The molecule has 0 fully saturated rings.